The molecule has 2 aromatic carbocycles. The van der Waals surface area contributed by atoms with Crippen molar-refractivity contribution >= 4 is 5.97 Å². The van der Waals surface area contributed by atoms with Crippen LogP contribution in [0.25, 0.3) is 0 Å². The van der Waals surface area contributed by atoms with Crippen molar-refractivity contribution in [2.75, 3.05) is 21.1 Å². The van der Waals surface area contributed by atoms with Gasteiger partial charge in [-0.3, -0.25) is 0 Å². The standard InChI is InChI=1S/C21H16F5N2O2/c1-28(2,3)14(11-13-8-6-12(7-9-13)5-4-10-27)21(29)30-20-18(25)16(23)15(22)17(24)19(20)26/h6-9,14H,11H2,1-3H3/q+1. The summed E-state index contributed by atoms with van der Waals surface area (Å²) in [5, 5.41) is 8.46. The molecule has 0 N–H and O–H groups in total. The van der Waals surface area contributed by atoms with Crippen molar-refractivity contribution in [3.63, 3.8) is 0 Å². The molecule has 0 aliphatic rings. The number of hydrogen-bond acceptors (Lipinski definition) is 3. The normalized spacial score (nSPS) is 11.8. The van der Waals surface area contributed by atoms with Gasteiger partial charge in [0.1, 0.15) is 0 Å². The first-order chi connectivity index (χ1) is 14.0. The van der Waals surface area contributed by atoms with Crippen LogP contribution in [0.4, 0.5) is 22.0 Å². The lowest BCUT2D eigenvalue weighted by Crippen LogP contribution is -2.52. The van der Waals surface area contributed by atoms with Crippen LogP contribution in [0.1, 0.15) is 11.1 Å². The van der Waals surface area contributed by atoms with Gasteiger partial charge in [-0.25, -0.2) is 18.0 Å². The van der Waals surface area contributed by atoms with E-state index in [1.54, 1.807) is 51.5 Å². The summed E-state index contributed by atoms with van der Waals surface area (Å²) in [6.07, 6.45) is 0.0453. The Morgan fingerprint density at radius 1 is 0.967 bits per heavy atom. The zero-order chi connectivity index (χ0) is 22.6. The number of hydrogen-bond donors (Lipinski definition) is 0. The maximum absolute atomic E-state index is 13.9. The zero-order valence-electron chi connectivity index (χ0n) is 16.2. The molecule has 0 fully saturated rings. The Kier molecular flexibility index (Phi) is 6.81. The van der Waals surface area contributed by atoms with Crippen LogP contribution in [-0.4, -0.2) is 37.6 Å². The van der Waals surface area contributed by atoms with Gasteiger partial charge >= 0.3 is 5.97 Å². The SMILES string of the molecule is C[N+](C)(C)C(Cc1ccc(C#CC#N)cc1)C(=O)Oc1c(F)c(F)c(F)c(F)c1F. The van der Waals surface area contributed by atoms with Crippen molar-refractivity contribution in [1.82, 2.24) is 0 Å². The van der Waals surface area contributed by atoms with E-state index in [2.05, 4.69) is 16.6 Å². The van der Waals surface area contributed by atoms with Gasteiger partial charge in [0.15, 0.2) is 12.1 Å². The third-order valence-corrected chi connectivity index (χ3v) is 4.23. The second-order valence-corrected chi connectivity index (χ2v) is 7.22. The molecule has 0 amide bonds. The molecule has 0 saturated heterocycles. The number of likely N-dealkylation sites (N-methyl/N-ethyl adjacent to an activating group) is 1. The molecule has 156 valence electrons. The average molecular weight is 423 g/mol. The summed E-state index contributed by atoms with van der Waals surface area (Å²) in [6, 6.07) is 7.14. The van der Waals surface area contributed by atoms with E-state index >= 15 is 0 Å². The maximum Gasteiger partial charge on any atom is 0.370 e. The average Bonchev–Trinajstić information content (AvgIpc) is 2.70. The Bertz CT molecular complexity index is 1050. The molecule has 0 spiro atoms. The van der Waals surface area contributed by atoms with E-state index in [0.29, 0.717) is 11.1 Å². The largest absolute Gasteiger partial charge is 0.416 e. The van der Waals surface area contributed by atoms with Crippen molar-refractivity contribution in [3.05, 3.63) is 64.5 Å². The highest BCUT2D eigenvalue weighted by molar-refractivity contribution is 5.77. The minimum Gasteiger partial charge on any atom is -0.416 e. The molecule has 2 rings (SSSR count). The highest BCUT2D eigenvalue weighted by atomic mass is 19.2. The van der Waals surface area contributed by atoms with Gasteiger partial charge in [0.25, 0.3) is 0 Å². The topological polar surface area (TPSA) is 50.1 Å². The van der Waals surface area contributed by atoms with Crippen LogP contribution in [-0.2, 0) is 11.2 Å². The number of ether oxygens (including phenoxy) is 1. The van der Waals surface area contributed by atoms with Crippen molar-refractivity contribution in [2.45, 2.75) is 12.5 Å². The van der Waals surface area contributed by atoms with Gasteiger partial charge in [-0.2, -0.15) is 14.0 Å². The fourth-order valence-electron chi connectivity index (χ4n) is 2.56. The smallest absolute Gasteiger partial charge is 0.370 e. The lowest BCUT2D eigenvalue weighted by atomic mass is 10.0. The first-order valence-electron chi connectivity index (χ1n) is 8.50. The number of quaternary nitrogens is 1. The molecule has 0 heterocycles. The summed E-state index contributed by atoms with van der Waals surface area (Å²) < 4.78 is 72.2. The third kappa shape index (κ3) is 4.94. The van der Waals surface area contributed by atoms with E-state index in [1.807, 2.05) is 0 Å². The molecule has 0 bridgehead atoms. The molecule has 0 aliphatic heterocycles. The van der Waals surface area contributed by atoms with Crippen LogP contribution < -0.4 is 4.74 Å². The predicted octanol–water partition coefficient (Wildman–Crippen LogP) is 3.48. The van der Waals surface area contributed by atoms with Crippen molar-refractivity contribution in [1.29, 1.82) is 5.26 Å². The summed E-state index contributed by atoms with van der Waals surface area (Å²) in [5.41, 5.74) is 1.19. The second kappa shape index (κ2) is 8.93. The number of halogens is 5. The highest BCUT2D eigenvalue weighted by Crippen LogP contribution is 2.30. The van der Waals surface area contributed by atoms with Crippen LogP contribution in [0, 0.1) is 52.3 Å². The Morgan fingerprint density at radius 3 is 1.93 bits per heavy atom. The molecule has 0 saturated carbocycles. The summed E-state index contributed by atoms with van der Waals surface area (Å²) in [6.45, 7) is 0. The zero-order valence-corrected chi connectivity index (χ0v) is 16.2. The van der Waals surface area contributed by atoms with Gasteiger partial charge in [0.2, 0.25) is 34.8 Å². The molecule has 2 aromatic rings. The summed E-state index contributed by atoms with van der Waals surface area (Å²) in [7, 11) is 4.83. The van der Waals surface area contributed by atoms with Crippen molar-refractivity contribution < 1.29 is 36.0 Å². The van der Waals surface area contributed by atoms with E-state index < -0.39 is 46.8 Å². The minimum atomic E-state index is -2.34. The number of nitrogens with zero attached hydrogens (tertiary/aromatic N) is 2. The molecular formula is C21H16F5N2O2+. The van der Waals surface area contributed by atoms with E-state index in [0.717, 1.165) is 0 Å². The summed E-state index contributed by atoms with van der Waals surface area (Å²) >= 11 is 0. The number of rotatable bonds is 5. The summed E-state index contributed by atoms with van der Waals surface area (Å²) in [4.78, 5) is 12.6. The second-order valence-electron chi connectivity index (χ2n) is 7.22. The fraction of sp³-hybridized carbons (Fsp3) is 0.238. The molecule has 30 heavy (non-hydrogen) atoms. The van der Waals surface area contributed by atoms with E-state index in [1.165, 1.54) is 0 Å². The minimum absolute atomic E-state index is 0.0453. The van der Waals surface area contributed by atoms with Crippen LogP contribution in [0.2, 0.25) is 0 Å². The molecule has 0 aliphatic carbocycles. The fourth-order valence-corrected chi connectivity index (χ4v) is 2.56. The Hall–Kier alpha value is -3.43. The van der Waals surface area contributed by atoms with Gasteiger partial charge < -0.3 is 9.22 Å². The molecule has 4 nitrogen and oxygen atoms in total. The predicted molar refractivity (Wildman–Crippen MR) is 96.3 cm³/mol. The van der Waals surface area contributed by atoms with Gasteiger partial charge in [-0.15, -0.1) is 0 Å². The quantitative estimate of drug-likeness (QED) is 0.141. The maximum atomic E-state index is 13.9. The number of esters is 1. The van der Waals surface area contributed by atoms with Crippen molar-refractivity contribution in [3.8, 4) is 23.7 Å². The van der Waals surface area contributed by atoms with Gasteiger partial charge in [-0.05, 0) is 17.7 Å². The Balaban J connectivity index is 2.33. The molecule has 9 heteroatoms. The Morgan fingerprint density at radius 2 is 1.47 bits per heavy atom. The van der Waals surface area contributed by atoms with Crippen LogP contribution in [0.5, 0.6) is 5.75 Å². The first kappa shape index (κ1) is 22.9. The molecule has 1 unspecified atom stereocenters. The van der Waals surface area contributed by atoms with Gasteiger partial charge in [0.05, 0.1) is 21.1 Å². The molecule has 1 atom stereocenters. The summed E-state index contributed by atoms with van der Waals surface area (Å²) in [5.74, 6) is -9.16. The van der Waals surface area contributed by atoms with E-state index in [9.17, 15) is 26.7 Å². The van der Waals surface area contributed by atoms with Crippen molar-refractivity contribution in [2.24, 2.45) is 0 Å². The van der Waals surface area contributed by atoms with Crippen LogP contribution >= 0.6 is 0 Å². The first-order valence-corrected chi connectivity index (χ1v) is 8.50. The van der Waals surface area contributed by atoms with Crippen LogP contribution in [0.3, 0.4) is 0 Å². The van der Waals surface area contributed by atoms with E-state index in [-0.39, 0.29) is 10.9 Å². The monoisotopic (exact) mass is 423 g/mol. The molecular weight excluding hydrogens is 407 g/mol. The highest BCUT2D eigenvalue weighted by Gasteiger charge is 2.36. The number of benzene rings is 2. The number of carbonyl (C=O) groups excluding carboxylic acids is 1. The van der Waals surface area contributed by atoms with E-state index in [4.69, 9.17) is 5.26 Å². The molecule has 0 aromatic heterocycles. The third-order valence-electron chi connectivity index (χ3n) is 4.23. The van der Waals surface area contributed by atoms with Gasteiger partial charge in [-0.1, -0.05) is 18.1 Å². The van der Waals surface area contributed by atoms with Crippen LogP contribution in [0.15, 0.2) is 24.3 Å². The Labute approximate surface area is 169 Å². The lowest BCUT2D eigenvalue weighted by Gasteiger charge is -2.32. The number of nitriles is 1. The molecule has 0 radical (unpaired) electrons. The lowest BCUT2D eigenvalue weighted by molar-refractivity contribution is -0.887. The number of carbonyl (C=O) groups is 1. The van der Waals surface area contributed by atoms with Gasteiger partial charge in [0, 0.05) is 17.9 Å².